The van der Waals surface area contributed by atoms with Crippen LogP contribution >= 0.6 is 15.9 Å². The minimum absolute atomic E-state index is 0.243. The zero-order chi connectivity index (χ0) is 13.0. The lowest BCUT2D eigenvalue weighted by Gasteiger charge is -2.30. The van der Waals surface area contributed by atoms with Gasteiger partial charge >= 0.3 is 0 Å². The molecule has 2 rings (SSSR count). The molecule has 1 fully saturated rings. The van der Waals surface area contributed by atoms with Crippen molar-refractivity contribution in [1.29, 1.82) is 0 Å². The first-order valence-corrected chi connectivity index (χ1v) is 7.35. The lowest BCUT2D eigenvalue weighted by Crippen LogP contribution is -2.34. The molecule has 3 N–H and O–H groups in total. The first-order valence-electron chi connectivity index (χ1n) is 6.56. The molecule has 1 saturated carbocycles. The van der Waals surface area contributed by atoms with Crippen molar-refractivity contribution in [2.75, 3.05) is 7.11 Å². The molecule has 3 nitrogen and oxygen atoms in total. The van der Waals surface area contributed by atoms with Crippen molar-refractivity contribution < 1.29 is 4.74 Å². The van der Waals surface area contributed by atoms with Crippen molar-refractivity contribution in [3.05, 3.63) is 28.2 Å². The van der Waals surface area contributed by atoms with E-state index >= 15 is 0 Å². The van der Waals surface area contributed by atoms with Crippen molar-refractivity contribution in [3.8, 4) is 5.75 Å². The van der Waals surface area contributed by atoms with E-state index in [1.807, 2.05) is 6.07 Å². The fourth-order valence-electron chi connectivity index (χ4n) is 2.85. The molecule has 1 aliphatic rings. The van der Waals surface area contributed by atoms with Crippen LogP contribution in [0.2, 0.25) is 0 Å². The smallest absolute Gasteiger partial charge is 0.133 e. The molecule has 18 heavy (non-hydrogen) atoms. The number of methoxy groups -OCH3 is 1. The minimum Gasteiger partial charge on any atom is -0.496 e. The molecule has 0 radical (unpaired) electrons. The summed E-state index contributed by atoms with van der Waals surface area (Å²) in [6.45, 7) is 0. The number of nitrogens with two attached hydrogens (primary N) is 1. The molecule has 1 aromatic carbocycles. The predicted octanol–water partition coefficient (Wildman–Crippen LogP) is 3.54. The van der Waals surface area contributed by atoms with Crippen LogP contribution in [0.5, 0.6) is 5.75 Å². The van der Waals surface area contributed by atoms with E-state index in [0.29, 0.717) is 5.92 Å². The molecular formula is C14H21BrN2O. The minimum atomic E-state index is 0.243. The second-order valence-electron chi connectivity index (χ2n) is 4.94. The Labute approximate surface area is 117 Å². The number of ether oxygens (including phenoxy) is 1. The lowest BCUT2D eigenvalue weighted by atomic mass is 9.81. The molecule has 1 atom stereocenters. The summed E-state index contributed by atoms with van der Waals surface area (Å²) in [4.78, 5) is 0. The highest BCUT2D eigenvalue weighted by Crippen LogP contribution is 2.36. The Kier molecular flexibility index (Phi) is 5.03. The highest BCUT2D eigenvalue weighted by atomic mass is 79.9. The summed E-state index contributed by atoms with van der Waals surface area (Å²) < 4.78 is 6.25. The third-order valence-electron chi connectivity index (χ3n) is 3.84. The molecule has 1 unspecified atom stereocenters. The van der Waals surface area contributed by atoms with Crippen LogP contribution in [0.1, 0.15) is 43.7 Å². The zero-order valence-corrected chi connectivity index (χ0v) is 12.4. The van der Waals surface area contributed by atoms with Gasteiger partial charge in [0, 0.05) is 6.04 Å². The Morgan fingerprint density at radius 2 is 2.06 bits per heavy atom. The molecule has 0 aliphatic heterocycles. The van der Waals surface area contributed by atoms with Crippen LogP contribution in [0.15, 0.2) is 22.7 Å². The van der Waals surface area contributed by atoms with E-state index in [1.54, 1.807) is 7.11 Å². The zero-order valence-electron chi connectivity index (χ0n) is 10.8. The van der Waals surface area contributed by atoms with E-state index in [9.17, 15) is 0 Å². The van der Waals surface area contributed by atoms with Gasteiger partial charge in [-0.1, -0.05) is 25.3 Å². The summed E-state index contributed by atoms with van der Waals surface area (Å²) in [5.41, 5.74) is 4.22. The monoisotopic (exact) mass is 312 g/mol. The fourth-order valence-corrected chi connectivity index (χ4v) is 3.41. The number of hydrazine groups is 1. The summed E-state index contributed by atoms with van der Waals surface area (Å²) in [6.07, 6.45) is 6.53. The Hall–Kier alpha value is -0.580. The van der Waals surface area contributed by atoms with Gasteiger partial charge < -0.3 is 4.74 Å². The molecule has 0 spiro atoms. The van der Waals surface area contributed by atoms with Gasteiger partial charge in [0.1, 0.15) is 5.75 Å². The number of hydrogen-bond acceptors (Lipinski definition) is 3. The third kappa shape index (κ3) is 3.05. The molecule has 4 heteroatoms. The maximum absolute atomic E-state index is 5.76. The van der Waals surface area contributed by atoms with Gasteiger partial charge in [-0.25, -0.2) is 0 Å². The van der Waals surface area contributed by atoms with E-state index in [4.69, 9.17) is 10.6 Å². The topological polar surface area (TPSA) is 47.3 Å². The Balaban J connectivity index is 2.18. The number of rotatable bonds is 4. The molecule has 0 saturated heterocycles. The van der Waals surface area contributed by atoms with E-state index in [0.717, 1.165) is 10.2 Å². The molecule has 100 valence electrons. The Bertz CT molecular complexity index is 391. The van der Waals surface area contributed by atoms with Crippen LogP contribution in [-0.4, -0.2) is 7.11 Å². The van der Waals surface area contributed by atoms with Crippen molar-refractivity contribution in [3.63, 3.8) is 0 Å². The van der Waals surface area contributed by atoms with Gasteiger partial charge in [0.25, 0.3) is 0 Å². The second-order valence-corrected chi connectivity index (χ2v) is 5.79. The first-order chi connectivity index (χ1) is 8.76. The van der Waals surface area contributed by atoms with E-state index < -0.39 is 0 Å². The molecule has 0 bridgehead atoms. The van der Waals surface area contributed by atoms with Crippen molar-refractivity contribution in [2.24, 2.45) is 11.8 Å². The van der Waals surface area contributed by atoms with Gasteiger partial charge in [0.15, 0.2) is 0 Å². The summed E-state index contributed by atoms with van der Waals surface area (Å²) >= 11 is 3.54. The number of benzene rings is 1. The van der Waals surface area contributed by atoms with Crippen LogP contribution in [0, 0.1) is 5.92 Å². The van der Waals surface area contributed by atoms with E-state index in [1.165, 1.54) is 37.7 Å². The number of hydrogen-bond donors (Lipinski definition) is 2. The van der Waals surface area contributed by atoms with Gasteiger partial charge in [0.2, 0.25) is 0 Å². The van der Waals surface area contributed by atoms with Crippen molar-refractivity contribution in [1.82, 2.24) is 5.43 Å². The molecule has 0 heterocycles. The lowest BCUT2D eigenvalue weighted by molar-refractivity contribution is 0.273. The van der Waals surface area contributed by atoms with Crippen LogP contribution < -0.4 is 16.0 Å². The Morgan fingerprint density at radius 3 is 2.61 bits per heavy atom. The summed E-state index contributed by atoms with van der Waals surface area (Å²) in [6, 6.07) is 6.44. The first kappa shape index (κ1) is 13.8. The predicted molar refractivity (Wildman–Crippen MR) is 77.3 cm³/mol. The highest BCUT2D eigenvalue weighted by molar-refractivity contribution is 9.10. The SMILES string of the molecule is COc1ccc(C(NN)C2CCCCC2)cc1Br. The van der Waals surface area contributed by atoms with Gasteiger partial charge in [-0.2, -0.15) is 0 Å². The van der Waals surface area contributed by atoms with Crippen molar-refractivity contribution in [2.45, 2.75) is 38.1 Å². The van der Waals surface area contributed by atoms with Crippen LogP contribution in [-0.2, 0) is 0 Å². The maximum Gasteiger partial charge on any atom is 0.133 e. The molecule has 0 amide bonds. The number of nitrogens with one attached hydrogen (secondary N) is 1. The molecule has 1 aromatic rings. The van der Waals surface area contributed by atoms with Gasteiger partial charge in [-0.05, 0) is 52.4 Å². The molecule has 1 aliphatic carbocycles. The van der Waals surface area contributed by atoms with Gasteiger partial charge in [-0.15, -0.1) is 0 Å². The van der Waals surface area contributed by atoms with E-state index in [2.05, 4.69) is 33.5 Å². The van der Waals surface area contributed by atoms with Crippen LogP contribution in [0.4, 0.5) is 0 Å². The summed E-state index contributed by atoms with van der Waals surface area (Å²) in [5, 5.41) is 0. The quantitative estimate of drug-likeness (QED) is 0.660. The average molecular weight is 313 g/mol. The summed E-state index contributed by atoms with van der Waals surface area (Å²) in [5.74, 6) is 7.26. The maximum atomic E-state index is 5.76. The van der Waals surface area contributed by atoms with Gasteiger partial charge in [0.05, 0.1) is 11.6 Å². The van der Waals surface area contributed by atoms with E-state index in [-0.39, 0.29) is 6.04 Å². The van der Waals surface area contributed by atoms with Gasteiger partial charge in [-0.3, -0.25) is 11.3 Å². The highest BCUT2D eigenvalue weighted by Gasteiger charge is 2.24. The van der Waals surface area contributed by atoms with Crippen LogP contribution in [0.25, 0.3) is 0 Å². The largest absolute Gasteiger partial charge is 0.496 e. The van der Waals surface area contributed by atoms with Crippen LogP contribution in [0.3, 0.4) is 0 Å². The van der Waals surface area contributed by atoms with Crippen molar-refractivity contribution >= 4 is 15.9 Å². The fraction of sp³-hybridized carbons (Fsp3) is 0.571. The normalized spacial score (nSPS) is 18.6. The summed E-state index contributed by atoms with van der Waals surface area (Å²) in [7, 11) is 1.68. The molecule has 0 aromatic heterocycles. The Morgan fingerprint density at radius 1 is 1.33 bits per heavy atom. The average Bonchev–Trinajstić information content (AvgIpc) is 2.41. The second kappa shape index (κ2) is 6.55. The standard InChI is InChI=1S/C14H21BrN2O/c1-18-13-8-7-11(9-12(13)15)14(17-16)10-5-3-2-4-6-10/h7-10,14,17H,2-6,16H2,1H3. The number of halogens is 1. The third-order valence-corrected chi connectivity index (χ3v) is 4.46. The molecular weight excluding hydrogens is 292 g/mol.